The van der Waals surface area contributed by atoms with Gasteiger partial charge in [0, 0.05) is 11.0 Å². The van der Waals surface area contributed by atoms with E-state index in [0.717, 1.165) is 16.5 Å². The van der Waals surface area contributed by atoms with Gasteiger partial charge in [0.25, 0.3) is 0 Å². The quantitative estimate of drug-likeness (QED) is 0.831. The highest BCUT2D eigenvalue weighted by atomic mass is 16.5. The molecule has 0 aliphatic carbocycles. The fourth-order valence-electron chi connectivity index (χ4n) is 1.94. The summed E-state index contributed by atoms with van der Waals surface area (Å²) in [4.78, 5) is 10.9. The number of carboxylic acid groups (broad SMARTS) is 1. The molecule has 98 valence electrons. The molecular weight excluding hydrogens is 240 g/mol. The third kappa shape index (κ3) is 3.13. The first kappa shape index (κ1) is 13.1. The minimum absolute atomic E-state index is 0.267. The lowest BCUT2D eigenvalue weighted by molar-refractivity contribution is -0.132. The number of hydrogen-bond donors (Lipinski definition) is 1. The Morgan fingerprint density at radius 2 is 1.95 bits per heavy atom. The fraction of sp³-hybridized carbons (Fsp3) is 0.188. The van der Waals surface area contributed by atoms with Gasteiger partial charge in [-0.05, 0) is 23.9 Å². The summed E-state index contributed by atoms with van der Waals surface area (Å²) in [6, 6.07) is 13.8. The molecule has 19 heavy (non-hydrogen) atoms. The Bertz CT molecular complexity index is 609. The summed E-state index contributed by atoms with van der Waals surface area (Å²) in [5.41, 5.74) is 0.375. The van der Waals surface area contributed by atoms with Crippen molar-refractivity contribution in [2.45, 2.75) is 13.3 Å². The van der Waals surface area contributed by atoms with Gasteiger partial charge in [0.2, 0.25) is 0 Å². The van der Waals surface area contributed by atoms with Crippen molar-refractivity contribution in [1.82, 2.24) is 0 Å². The van der Waals surface area contributed by atoms with Gasteiger partial charge in [-0.1, -0.05) is 43.3 Å². The lowest BCUT2D eigenvalue weighted by Crippen LogP contribution is -2.03. The van der Waals surface area contributed by atoms with Crippen molar-refractivity contribution < 1.29 is 14.6 Å². The molecule has 0 unspecified atom stereocenters. The van der Waals surface area contributed by atoms with Crippen LogP contribution < -0.4 is 4.74 Å². The summed E-state index contributed by atoms with van der Waals surface area (Å²) in [5.74, 6) is -0.112. The lowest BCUT2D eigenvalue weighted by atomic mass is 10.1. The Labute approximate surface area is 112 Å². The molecule has 0 saturated carbocycles. The van der Waals surface area contributed by atoms with E-state index in [1.807, 2.05) is 49.4 Å². The number of hydrogen-bond acceptors (Lipinski definition) is 2. The van der Waals surface area contributed by atoms with Gasteiger partial charge >= 0.3 is 5.97 Å². The van der Waals surface area contributed by atoms with Gasteiger partial charge in [-0.3, -0.25) is 0 Å². The summed E-state index contributed by atoms with van der Waals surface area (Å²) >= 11 is 0. The summed E-state index contributed by atoms with van der Waals surface area (Å²) in [7, 11) is 0. The number of ether oxygens (including phenoxy) is 1. The highest BCUT2D eigenvalue weighted by molar-refractivity contribution is 5.88. The summed E-state index contributed by atoms with van der Waals surface area (Å²) < 4.78 is 5.66. The fourth-order valence-corrected chi connectivity index (χ4v) is 1.94. The van der Waals surface area contributed by atoms with Crippen molar-refractivity contribution in [2.75, 3.05) is 6.61 Å². The molecular formula is C16H16O3. The second-order valence-corrected chi connectivity index (χ2v) is 4.18. The second-order valence-electron chi connectivity index (χ2n) is 4.18. The zero-order valence-electron chi connectivity index (χ0n) is 10.8. The second kappa shape index (κ2) is 6.05. The highest BCUT2D eigenvalue weighted by Crippen LogP contribution is 2.25. The maximum absolute atomic E-state index is 10.9. The molecule has 3 nitrogen and oxygen atoms in total. The lowest BCUT2D eigenvalue weighted by Gasteiger charge is -2.07. The molecule has 3 heteroatoms. The third-order valence-corrected chi connectivity index (χ3v) is 2.97. The van der Waals surface area contributed by atoms with Crippen LogP contribution in [0.4, 0.5) is 0 Å². The summed E-state index contributed by atoms with van der Waals surface area (Å²) in [6.07, 6.45) is 2.11. The standard InChI is InChI=1S/C16H16O3/c1-2-12(16(17)18)10-11-19-15-9-5-7-13-6-3-4-8-14(13)15/h3-10H,2,11H2,1H3,(H,17,18). The predicted octanol–water partition coefficient (Wildman–Crippen LogP) is 3.64. The van der Waals surface area contributed by atoms with Crippen LogP contribution in [0.25, 0.3) is 10.8 Å². The zero-order valence-corrected chi connectivity index (χ0v) is 10.8. The van der Waals surface area contributed by atoms with Crippen LogP contribution in [-0.2, 0) is 4.79 Å². The van der Waals surface area contributed by atoms with Crippen LogP contribution in [0.5, 0.6) is 5.75 Å². The monoisotopic (exact) mass is 256 g/mol. The van der Waals surface area contributed by atoms with Crippen molar-refractivity contribution in [3.05, 3.63) is 54.1 Å². The van der Waals surface area contributed by atoms with Crippen LogP contribution in [0.2, 0.25) is 0 Å². The number of fused-ring (bicyclic) bond motifs is 1. The minimum atomic E-state index is -0.885. The van der Waals surface area contributed by atoms with Crippen LogP contribution in [0, 0.1) is 0 Å². The first-order valence-electron chi connectivity index (χ1n) is 6.25. The molecule has 0 bridgehead atoms. The van der Waals surface area contributed by atoms with Gasteiger partial charge in [-0.15, -0.1) is 0 Å². The Kier molecular flexibility index (Phi) is 4.18. The summed E-state index contributed by atoms with van der Waals surface area (Å²) in [6.45, 7) is 2.08. The van der Waals surface area contributed by atoms with E-state index in [1.165, 1.54) is 0 Å². The minimum Gasteiger partial charge on any atom is -0.489 e. The van der Waals surface area contributed by atoms with Gasteiger partial charge < -0.3 is 9.84 Å². The molecule has 0 amide bonds. The normalized spacial score (nSPS) is 11.5. The van der Waals surface area contributed by atoms with E-state index in [9.17, 15) is 4.79 Å². The SMILES string of the molecule is CCC(=CCOc1cccc2ccccc12)C(=O)O. The van der Waals surface area contributed by atoms with Crippen molar-refractivity contribution in [1.29, 1.82) is 0 Å². The predicted molar refractivity (Wildman–Crippen MR) is 75.5 cm³/mol. The maximum atomic E-state index is 10.9. The van der Waals surface area contributed by atoms with Gasteiger partial charge in [0.1, 0.15) is 12.4 Å². The Balaban J connectivity index is 2.16. The molecule has 0 atom stereocenters. The highest BCUT2D eigenvalue weighted by Gasteiger charge is 2.04. The molecule has 0 aromatic heterocycles. The van der Waals surface area contributed by atoms with Crippen LogP contribution in [0.1, 0.15) is 13.3 Å². The van der Waals surface area contributed by atoms with Gasteiger partial charge in [0.15, 0.2) is 0 Å². The smallest absolute Gasteiger partial charge is 0.331 e. The molecule has 0 radical (unpaired) electrons. The zero-order chi connectivity index (χ0) is 13.7. The van der Waals surface area contributed by atoms with Crippen LogP contribution in [-0.4, -0.2) is 17.7 Å². The number of carboxylic acids is 1. The number of rotatable bonds is 5. The van der Waals surface area contributed by atoms with E-state index in [-0.39, 0.29) is 6.61 Å². The van der Waals surface area contributed by atoms with Crippen molar-refractivity contribution >= 4 is 16.7 Å². The number of benzene rings is 2. The van der Waals surface area contributed by atoms with Crippen molar-refractivity contribution in [2.24, 2.45) is 0 Å². The van der Waals surface area contributed by atoms with Gasteiger partial charge in [0.05, 0.1) is 0 Å². The third-order valence-electron chi connectivity index (χ3n) is 2.97. The number of carbonyl (C=O) groups is 1. The van der Waals surface area contributed by atoms with E-state index in [1.54, 1.807) is 6.08 Å². The molecule has 0 saturated heterocycles. The molecule has 1 N–H and O–H groups in total. The topological polar surface area (TPSA) is 46.5 Å². The van der Waals surface area contributed by atoms with E-state index in [2.05, 4.69) is 0 Å². The molecule has 2 aromatic carbocycles. The van der Waals surface area contributed by atoms with E-state index >= 15 is 0 Å². The molecule has 0 fully saturated rings. The van der Waals surface area contributed by atoms with E-state index in [0.29, 0.717) is 12.0 Å². The first-order valence-corrected chi connectivity index (χ1v) is 6.25. The molecule has 0 heterocycles. The van der Waals surface area contributed by atoms with Crippen LogP contribution >= 0.6 is 0 Å². The van der Waals surface area contributed by atoms with Crippen molar-refractivity contribution in [3.8, 4) is 5.75 Å². The Hall–Kier alpha value is -2.29. The average Bonchev–Trinajstić information content (AvgIpc) is 2.43. The molecule has 2 aromatic rings. The molecule has 0 spiro atoms. The Morgan fingerprint density at radius 3 is 2.68 bits per heavy atom. The maximum Gasteiger partial charge on any atom is 0.331 e. The van der Waals surface area contributed by atoms with Gasteiger partial charge in [-0.25, -0.2) is 4.79 Å². The Morgan fingerprint density at radius 1 is 1.21 bits per heavy atom. The largest absolute Gasteiger partial charge is 0.489 e. The molecule has 0 aliphatic rings. The van der Waals surface area contributed by atoms with E-state index in [4.69, 9.17) is 9.84 Å². The number of aliphatic carboxylic acids is 1. The van der Waals surface area contributed by atoms with Crippen LogP contribution in [0.15, 0.2) is 54.1 Å². The molecule has 2 rings (SSSR count). The average molecular weight is 256 g/mol. The van der Waals surface area contributed by atoms with Crippen molar-refractivity contribution in [3.63, 3.8) is 0 Å². The summed E-state index contributed by atoms with van der Waals surface area (Å²) in [5, 5.41) is 11.1. The first-order chi connectivity index (χ1) is 9.22. The van der Waals surface area contributed by atoms with E-state index < -0.39 is 5.97 Å². The van der Waals surface area contributed by atoms with Gasteiger partial charge in [-0.2, -0.15) is 0 Å². The molecule has 0 aliphatic heterocycles. The van der Waals surface area contributed by atoms with Crippen LogP contribution in [0.3, 0.4) is 0 Å².